The molecule has 23 heavy (non-hydrogen) atoms. The molecule has 116 valence electrons. The Morgan fingerprint density at radius 2 is 2.09 bits per heavy atom. The molecule has 0 saturated carbocycles. The maximum Gasteiger partial charge on any atom is 0.356 e. The third-order valence-corrected chi connectivity index (χ3v) is 3.03. The Labute approximate surface area is 130 Å². The van der Waals surface area contributed by atoms with Crippen LogP contribution in [0.4, 0.5) is 5.69 Å². The molecule has 0 aliphatic heterocycles. The zero-order chi connectivity index (χ0) is 16.4. The first-order valence-electron chi connectivity index (χ1n) is 6.67. The van der Waals surface area contributed by atoms with Crippen molar-refractivity contribution in [2.24, 2.45) is 0 Å². The summed E-state index contributed by atoms with van der Waals surface area (Å²) in [6.45, 7) is 1.72. The molecule has 3 aromatic rings. The zero-order valence-electron chi connectivity index (χ0n) is 12.1. The summed E-state index contributed by atoms with van der Waals surface area (Å²) >= 11 is 0. The first-order chi connectivity index (χ1) is 11.0. The molecule has 8 nitrogen and oxygen atoms in total. The van der Waals surface area contributed by atoms with E-state index in [1.165, 1.54) is 23.0 Å². The Balaban J connectivity index is 1.82. The van der Waals surface area contributed by atoms with Crippen LogP contribution in [0.15, 0.2) is 47.1 Å². The highest BCUT2D eigenvalue weighted by atomic mass is 16.5. The fourth-order valence-corrected chi connectivity index (χ4v) is 1.97. The minimum absolute atomic E-state index is 0.0587. The van der Waals surface area contributed by atoms with Crippen molar-refractivity contribution in [3.8, 4) is 5.69 Å². The fraction of sp³-hybridized carbons (Fsp3) is 0.0667. The summed E-state index contributed by atoms with van der Waals surface area (Å²) in [6, 6.07) is 9.76. The molecule has 3 rings (SSSR count). The number of rotatable bonds is 4. The van der Waals surface area contributed by atoms with Gasteiger partial charge in [-0.3, -0.25) is 4.79 Å². The highest BCUT2D eigenvalue weighted by Gasteiger charge is 2.12. The second kappa shape index (κ2) is 5.76. The predicted molar refractivity (Wildman–Crippen MR) is 79.7 cm³/mol. The first kappa shape index (κ1) is 14.5. The van der Waals surface area contributed by atoms with Gasteiger partial charge in [0.05, 0.1) is 11.4 Å². The van der Waals surface area contributed by atoms with Crippen LogP contribution in [-0.4, -0.2) is 31.9 Å². The number of hydrogen-bond donors (Lipinski definition) is 2. The topological polar surface area (TPSA) is 110 Å². The van der Waals surface area contributed by atoms with Gasteiger partial charge in [0, 0.05) is 18.0 Å². The number of aryl methyl sites for hydroxylation is 1. The van der Waals surface area contributed by atoms with Crippen LogP contribution < -0.4 is 5.32 Å². The molecule has 1 amide bonds. The average molecular weight is 312 g/mol. The molecule has 2 aromatic heterocycles. The number of carbonyl (C=O) groups is 2. The maximum absolute atomic E-state index is 12.0. The van der Waals surface area contributed by atoms with Crippen molar-refractivity contribution in [3.63, 3.8) is 0 Å². The molecule has 0 bridgehead atoms. The molecule has 0 saturated heterocycles. The van der Waals surface area contributed by atoms with Gasteiger partial charge >= 0.3 is 5.97 Å². The van der Waals surface area contributed by atoms with E-state index in [4.69, 9.17) is 9.63 Å². The third-order valence-electron chi connectivity index (χ3n) is 3.03. The second-order valence-electron chi connectivity index (χ2n) is 4.79. The minimum Gasteiger partial charge on any atom is -0.476 e. The standard InChI is InChI=1S/C15H12N4O4/c1-9-7-13(23-18-9)14(20)16-10-3-2-4-11(8-10)19-6-5-12(17-19)15(21)22/h2-8H,1H3,(H,16,20)(H,21,22). The van der Waals surface area contributed by atoms with Gasteiger partial charge in [-0.15, -0.1) is 0 Å². The van der Waals surface area contributed by atoms with Crippen molar-refractivity contribution in [1.29, 1.82) is 0 Å². The number of nitrogens with one attached hydrogen (secondary N) is 1. The molecular weight excluding hydrogens is 300 g/mol. The summed E-state index contributed by atoms with van der Waals surface area (Å²) in [5.74, 6) is -1.41. The van der Waals surface area contributed by atoms with Crippen LogP contribution in [0.5, 0.6) is 0 Å². The van der Waals surface area contributed by atoms with Crippen molar-refractivity contribution in [1.82, 2.24) is 14.9 Å². The summed E-state index contributed by atoms with van der Waals surface area (Å²) in [5.41, 5.74) is 1.69. The van der Waals surface area contributed by atoms with Gasteiger partial charge in [0.2, 0.25) is 5.76 Å². The van der Waals surface area contributed by atoms with Crippen molar-refractivity contribution in [2.75, 3.05) is 5.32 Å². The molecule has 2 heterocycles. The molecular formula is C15H12N4O4. The smallest absolute Gasteiger partial charge is 0.356 e. The second-order valence-corrected chi connectivity index (χ2v) is 4.79. The van der Waals surface area contributed by atoms with E-state index in [-0.39, 0.29) is 11.5 Å². The van der Waals surface area contributed by atoms with Crippen LogP contribution in [0.25, 0.3) is 5.69 Å². The van der Waals surface area contributed by atoms with Crippen LogP contribution in [-0.2, 0) is 0 Å². The molecule has 0 atom stereocenters. The van der Waals surface area contributed by atoms with Gasteiger partial charge in [-0.2, -0.15) is 5.10 Å². The summed E-state index contributed by atoms with van der Waals surface area (Å²) < 4.78 is 6.31. The van der Waals surface area contributed by atoms with Crippen LogP contribution in [0.1, 0.15) is 26.7 Å². The lowest BCUT2D eigenvalue weighted by Gasteiger charge is -2.06. The normalized spacial score (nSPS) is 10.5. The number of carbonyl (C=O) groups excluding carboxylic acids is 1. The Hall–Kier alpha value is -3.42. The number of amides is 1. The molecule has 0 aliphatic rings. The van der Waals surface area contributed by atoms with E-state index in [2.05, 4.69) is 15.6 Å². The molecule has 8 heteroatoms. The largest absolute Gasteiger partial charge is 0.476 e. The molecule has 0 radical (unpaired) electrons. The lowest BCUT2D eigenvalue weighted by molar-refractivity contribution is 0.0689. The van der Waals surface area contributed by atoms with Gasteiger partial charge in [0.1, 0.15) is 0 Å². The Kier molecular flexibility index (Phi) is 3.63. The van der Waals surface area contributed by atoms with Gasteiger partial charge in [-0.1, -0.05) is 11.2 Å². The quantitative estimate of drug-likeness (QED) is 0.763. The number of aromatic carboxylic acids is 1. The van der Waals surface area contributed by atoms with E-state index in [9.17, 15) is 9.59 Å². The Morgan fingerprint density at radius 3 is 2.74 bits per heavy atom. The minimum atomic E-state index is -1.10. The van der Waals surface area contributed by atoms with E-state index < -0.39 is 11.9 Å². The summed E-state index contributed by atoms with van der Waals surface area (Å²) in [6.07, 6.45) is 1.53. The maximum atomic E-state index is 12.0. The highest BCUT2D eigenvalue weighted by Crippen LogP contribution is 2.16. The van der Waals surface area contributed by atoms with Crippen molar-refractivity contribution < 1.29 is 19.2 Å². The Bertz CT molecular complexity index is 881. The van der Waals surface area contributed by atoms with E-state index in [1.807, 2.05) is 0 Å². The molecule has 0 unspecified atom stereocenters. The van der Waals surface area contributed by atoms with Gasteiger partial charge in [0.15, 0.2) is 5.69 Å². The number of anilines is 1. The van der Waals surface area contributed by atoms with Gasteiger partial charge < -0.3 is 14.9 Å². The summed E-state index contributed by atoms with van der Waals surface area (Å²) in [5, 5.41) is 19.2. The van der Waals surface area contributed by atoms with E-state index >= 15 is 0 Å². The van der Waals surface area contributed by atoms with Gasteiger partial charge in [-0.05, 0) is 31.2 Å². The number of benzene rings is 1. The van der Waals surface area contributed by atoms with Crippen molar-refractivity contribution in [2.45, 2.75) is 6.92 Å². The number of carboxylic acids is 1. The van der Waals surface area contributed by atoms with E-state index in [1.54, 1.807) is 31.2 Å². The zero-order valence-corrected chi connectivity index (χ0v) is 12.1. The molecule has 1 aromatic carbocycles. The molecule has 2 N–H and O–H groups in total. The average Bonchev–Trinajstić information content (AvgIpc) is 3.16. The number of carboxylic acid groups (broad SMARTS) is 1. The van der Waals surface area contributed by atoms with Crippen molar-refractivity contribution in [3.05, 3.63) is 59.7 Å². The van der Waals surface area contributed by atoms with Crippen molar-refractivity contribution >= 4 is 17.6 Å². The van der Waals surface area contributed by atoms with Crippen LogP contribution in [0.2, 0.25) is 0 Å². The fourth-order valence-electron chi connectivity index (χ4n) is 1.97. The van der Waals surface area contributed by atoms with E-state index in [0.717, 1.165) is 0 Å². The van der Waals surface area contributed by atoms with Crippen LogP contribution in [0.3, 0.4) is 0 Å². The number of aromatic nitrogens is 3. The molecule has 0 fully saturated rings. The van der Waals surface area contributed by atoms with E-state index in [0.29, 0.717) is 17.1 Å². The lowest BCUT2D eigenvalue weighted by atomic mass is 10.2. The highest BCUT2D eigenvalue weighted by molar-refractivity contribution is 6.02. The first-order valence-corrected chi connectivity index (χ1v) is 6.67. The number of nitrogens with zero attached hydrogens (tertiary/aromatic N) is 3. The predicted octanol–water partition coefficient (Wildman–Crippen LogP) is 2.12. The van der Waals surface area contributed by atoms with Crippen LogP contribution in [0, 0.1) is 6.92 Å². The molecule has 0 spiro atoms. The Morgan fingerprint density at radius 1 is 1.26 bits per heavy atom. The summed E-state index contributed by atoms with van der Waals surface area (Å²) in [4.78, 5) is 22.9. The lowest BCUT2D eigenvalue weighted by Crippen LogP contribution is -2.11. The van der Waals surface area contributed by atoms with Gasteiger partial charge in [-0.25, -0.2) is 9.48 Å². The monoisotopic (exact) mass is 312 g/mol. The van der Waals surface area contributed by atoms with Crippen LogP contribution >= 0.6 is 0 Å². The van der Waals surface area contributed by atoms with Gasteiger partial charge in [0.25, 0.3) is 5.91 Å². The third kappa shape index (κ3) is 3.10. The summed E-state index contributed by atoms with van der Waals surface area (Å²) in [7, 11) is 0. The number of hydrogen-bond acceptors (Lipinski definition) is 5. The molecule has 0 aliphatic carbocycles. The SMILES string of the molecule is Cc1cc(C(=O)Nc2cccc(-n3ccc(C(=O)O)n3)c2)on1.